The van der Waals surface area contributed by atoms with Gasteiger partial charge in [0.25, 0.3) is 0 Å². The Morgan fingerprint density at radius 1 is 0.875 bits per heavy atom. The van der Waals surface area contributed by atoms with E-state index in [4.69, 9.17) is 0 Å². The summed E-state index contributed by atoms with van der Waals surface area (Å²) >= 11 is 7.60. The first kappa shape index (κ1) is 12.9. The molecule has 0 saturated heterocycles. The smallest absolute Gasteiger partial charge is 0.0311 e. The van der Waals surface area contributed by atoms with Crippen molar-refractivity contribution < 1.29 is 0 Å². The topological polar surface area (TPSA) is 0 Å². The Morgan fingerprint density at radius 2 is 1.19 bits per heavy atom. The average Bonchev–Trinajstić information content (AvgIpc) is 2.17. The van der Waals surface area contributed by atoms with Crippen LogP contribution in [0.5, 0.6) is 0 Å². The van der Waals surface area contributed by atoms with E-state index in [0.29, 0.717) is 9.65 Å². The molecular formula is C14H20Br2. The highest BCUT2D eigenvalue weighted by atomic mass is 79.9. The van der Waals surface area contributed by atoms with Crippen LogP contribution in [0.2, 0.25) is 0 Å². The maximum Gasteiger partial charge on any atom is 0.0311 e. The summed E-state index contributed by atoms with van der Waals surface area (Å²) in [5.74, 6) is 0. The van der Waals surface area contributed by atoms with Gasteiger partial charge in [0, 0.05) is 20.5 Å². The predicted molar refractivity (Wildman–Crippen MR) is 78.4 cm³/mol. The molecule has 0 N–H and O–H groups in total. The second kappa shape index (κ2) is 3.98. The van der Waals surface area contributed by atoms with E-state index < -0.39 is 0 Å². The molecule has 0 amide bonds. The van der Waals surface area contributed by atoms with Gasteiger partial charge in [-0.05, 0) is 12.8 Å². The van der Waals surface area contributed by atoms with Gasteiger partial charge in [0.05, 0.1) is 0 Å². The van der Waals surface area contributed by atoms with Crippen LogP contribution in [0.1, 0.15) is 40.5 Å². The summed E-state index contributed by atoms with van der Waals surface area (Å²) in [5.41, 5.74) is 3.78. The van der Waals surface area contributed by atoms with E-state index in [2.05, 4.69) is 71.7 Å². The molecule has 0 saturated carbocycles. The zero-order chi connectivity index (χ0) is 12.1. The van der Waals surface area contributed by atoms with Gasteiger partial charge in [-0.15, -0.1) is 0 Å². The summed E-state index contributed by atoms with van der Waals surface area (Å²) in [6, 6.07) is 0. The molecule has 0 aromatic carbocycles. The van der Waals surface area contributed by atoms with Crippen LogP contribution in [0.4, 0.5) is 0 Å². The lowest BCUT2D eigenvalue weighted by Crippen LogP contribution is -2.34. The highest BCUT2D eigenvalue weighted by molar-refractivity contribution is 9.12. The summed E-state index contributed by atoms with van der Waals surface area (Å²) in [7, 11) is 0. The molecule has 16 heavy (non-hydrogen) atoms. The van der Waals surface area contributed by atoms with Crippen molar-refractivity contribution in [3.8, 4) is 0 Å². The molecule has 0 bridgehead atoms. The highest BCUT2D eigenvalue weighted by Crippen LogP contribution is 2.51. The molecule has 2 atom stereocenters. The normalized spacial score (nSPS) is 36.1. The molecule has 90 valence electrons. The van der Waals surface area contributed by atoms with Crippen molar-refractivity contribution in [1.82, 2.24) is 0 Å². The number of hydrogen-bond donors (Lipinski definition) is 0. The Labute approximate surface area is 116 Å². The molecule has 0 spiro atoms. The standard InChI is InChI=1S/C14H20Br2/c1-13(2)5-6-14(3,4)10-8-12(16)11(15)7-9(10)13/h5-6,11-12H,7-8H2,1-4H3. The summed E-state index contributed by atoms with van der Waals surface area (Å²) < 4.78 is 0. The van der Waals surface area contributed by atoms with Gasteiger partial charge in [-0.1, -0.05) is 82.9 Å². The van der Waals surface area contributed by atoms with Gasteiger partial charge in [0.15, 0.2) is 0 Å². The third kappa shape index (κ3) is 2.08. The van der Waals surface area contributed by atoms with Gasteiger partial charge in [-0.3, -0.25) is 0 Å². The molecule has 2 unspecified atom stereocenters. The monoisotopic (exact) mass is 346 g/mol. The first-order chi connectivity index (χ1) is 7.24. The molecule has 0 aromatic heterocycles. The summed E-state index contributed by atoms with van der Waals surface area (Å²) in [5, 5.41) is 0. The van der Waals surface area contributed by atoms with Crippen molar-refractivity contribution in [3.63, 3.8) is 0 Å². The van der Waals surface area contributed by atoms with Crippen LogP contribution in [0.3, 0.4) is 0 Å². The van der Waals surface area contributed by atoms with Gasteiger partial charge in [-0.2, -0.15) is 0 Å². The average molecular weight is 348 g/mol. The maximum atomic E-state index is 3.80. The van der Waals surface area contributed by atoms with E-state index in [9.17, 15) is 0 Å². The minimum atomic E-state index is 0.240. The van der Waals surface area contributed by atoms with Crippen LogP contribution in [0.25, 0.3) is 0 Å². The highest BCUT2D eigenvalue weighted by Gasteiger charge is 2.40. The minimum absolute atomic E-state index is 0.240. The maximum absolute atomic E-state index is 3.80. The van der Waals surface area contributed by atoms with E-state index in [1.165, 1.54) is 12.8 Å². The van der Waals surface area contributed by atoms with Gasteiger partial charge in [0.2, 0.25) is 0 Å². The lowest BCUT2D eigenvalue weighted by Gasteiger charge is -2.44. The van der Waals surface area contributed by atoms with Gasteiger partial charge < -0.3 is 0 Å². The Morgan fingerprint density at radius 3 is 1.50 bits per heavy atom. The first-order valence-electron chi connectivity index (χ1n) is 5.95. The Balaban J connectivity index is 2.47. The Hall–Kier alpha value is 0.440. The fourth-order valence-electron chi connectivity index (χ4n) is 2.81. The van der Waals surface area contributed by atoms with Crippen molar-refractivity contribution >= 4 is 31.9 Å². The van der Waals surface area contributed by atoms with Crippen molar-refractivity contribution in [2.45, 2.75) is 50.2 Å². The second-order valence-electron chi connectivity index (χ2n) is 6.17. The molecular weight excluding hydrogens is 328 g/mol. The number of alkyl halides is 2. The SMILES string of the molecule is CC1(C)C=CC(C)(C)C2=C1CC(Br)C(Br)C2. The summed E-state index contributed by atoms with van der Waals surface area (Å²) in [6.45, 7) is 9.34. The molecule has 0 fully saturated rings. The molecule has 2 heteroatoms. The van der Waals surface area contributed by atoms with Crippen molar-refractivity contribution in [2.24, 2.45) is 10.8 Å². The van der Waals surface area contributed by atoms with Crippen LogP contribution in [0.15, 0.2) is 23.3 Å². The second-order valence-corrected chi connectivity index (χ2v) is 8.53. The van der Waals surface area contributed by atoms with Crippen molar-refractivity contribution in [1.29, 1.82) is 0 Å². The molecule has 0 aliphatic heterocycles. The van der Waals surface area contributed by atoms with Crippen LogP contribution >= 0.6 is 31.9 Å². The summed E-state index contributed by atoms with van der Waals surface area (Å²) in [6.07, 6.45) is 7.12. The van der Waals surface area contributed by atoms with Crippen molar-refractivity contribution in [2.75, 3.05) is 0 Å². The fourth-order valence-corrected chi connectivity index (χ4v) is 3.84. The van der Waals surface area contributed by atoms with Crippen LogP contribution in [0, 0.1) is 10.8 Å². The van der Waals surface area contributed by atoms with E-state index in [0.717, 1.165) is 0 Å². The first-order valence-corrected chi connectivity index (χ1v) is 7.79. The van der Waals surface area contributed by atoms with E-state index in [1.807, 2.05) is 0 Å². The number of halogens is 2. The summed E-state index contributed by atoms with van der Waals surface area (Å²) in [4.78, 5) is 1.15. The molecule has 2 rings (SSSR count). The third-order valence-electron chi connectivity index (χ3n) is 4.03. The molecule has 2 aliphatic rings. The minimum Gasteiger partial charge on any atom is -0.0875 e. The fraction of sp³-hybridized carbons (Fsp3) is 0.714. The van der Waals surface area contributed by atoms with Crippen LogP contribution in [-0.4, -0.2) is 9.65 Å². The third-order valence-corrected chi connectivity index (χ3v) is 6.66. The van der Waals surface area contributed by atoms with Crippen LogP contribution in [-0.2, 0) is 0 Å². The largest absolute Gasteiger partial charge is 0.0875 e. The lowest BCUT2D eigenvalue weighted by molar-refractivity contribution is 0.422. The zero-order valence-corrected chi connectivity index (χ0v) is 13.7. The lowest BCUT2D eigenvalue weighted by atomic mass is 9.63. The molecule has 0 radical (unpaired) electrons. The van der Waals surface area contributed by atoms with Gasteiger partial charge in [-0.25, -0.2) is 0 Å². The molecule has 0 heterocycles. The Bertz CT molecular complexity index is 327. The Kier molecular flexibility index (Phi) is 3.21. The zero-order valence-electron chi connectivity index (χ0n) is 10.5. The molecule has 0 aromatic rings. The van der Waals surface area contributed by atoms with Gasteiger partial charge >= 0.3 is 0 Å². The van der Waals surface area contributed by atoms with E-state index >= 15 is 0 Å². The number of hydrogen-bond acceptors (Lipinski definition) is 0. The number of rotatable bonds is 0. The molecule has 2 aliphatic carbocycles. The predicted octanol–water partition coefficient (Wildman–Crippen LogP) is 5.23. The van der Waals surface area contributed by atoms with E-state index in [-0.39, 0.29) is 10.8 Å². The van der Waals surface area contributed by atoms with Crippen molar-refractivity contribution in [3.05, 3.63) is 23.3 Å². The quantitative estimate of drug-likeness (QED) is 0.416. The van der Waals surface area contributed by atoms with Crippen LogP contribution < -0.4 is 0 Å². The van der Waals surface area contributed by atoms with E-state index in [1.54, 1.807) is 11.1 Å². The van der Waals surface area contributed by atoms with Gasteiger partial charge in [0.1, 0.15) is 0 Å². The number of allylic oxidation sites excluding steroid dienone is 4. The molecule has 0 nitrogen and oxygen atoms in total.